The molecule has 0 fully saturated rings. The maximum Gasteiger partial charge on any atom is 0.287 e. The highest BCUT2D eigenvalue weighted by atomic mass is 35.5. The molecule has 180 valence electrons. The van der Waals surface area contributed by atoms with Gasteiger partial charge in [0.1, 0.15) is 23.1 Å². The first-order valence-corrected chi connectivity index (χ1v) is 12.0. The Balaban J connectivity index is 1.28. The molecule has 0 spiro atoms. The number of rotatable bonds is 8. The monoisotopic (exact) mass is 517 g/mol. The summed E-state index contributed by atoms with van der Waals surface area (Å²) in [5.74, 6) is 0.768. The third kappa shape index (κ3) is 5.30. The molecule has 0 bridgehead atoms. The van der Waals surface area contributed by atoms with E-state index in [-0.39, 0.29) is 24.8 Å². The molecule has 5 aromatic rings. The fourth-order valence-electron chi connectivity index (χ4n) is 3.68. The van der Waals surface area contributed by atoms with Crippen molar-refractivity contribution >= 4 is 29.1 Å². The summed E-state index contributed by atoms with van der Waals surface area (Å²) in [5, 5.41) is 8.44. The Morgan fingerprint density at radius 2 is 1.67 bits per heavy atom. The number of nitrogens with one attached hydrogen (secondary N) is 1. The van der Waals surface area contributed by atoms with E-state index in [0.29, 0.717) is 21.6 Å². The van der Waals surface area contributed by atoms with Crippen LogP contribution in [-0.4, -0.2) is 15.7 Å². The first-order valence-electron chi connectivity index (χ1n) is 11.2. The van der Waals surface area contributed by atoms with Crippen LogP contribution in [0, 0.1) is 0 Å². The number of para-hydroxylation sites is 1. The smallest absolute Gasteiger partial charge is 0.287 e. The molecule has 5 rings (SSSR count). The number of halogens is 2. The van der Waals surface area contributed by atoms with Crippen LogP contribution in [0.5, 0.6) is 5.75 Å². The molecule has 0 aliphatic rings. The van der Waals surface area contributed by atoms with Crippen molar-refractivity contribution < 1.29 is 13.9 Å². The number of carbonyl (C=O) groups is 1. The summed E-state index contributed by atoms with van der Waals surface area (Å²) in [6.45, 7) is 0.385. The quantitative estimate of drug-likeness (QED) is 0.241. The summed E-state index contributed by atoms with van der Waals surface area (Å²) in [6, 6.07) is 28.1. The van der Waals surface area contributed by atoms with Crippen LogP contribution >= 0.6 is 23.2 Å². The topological polar surface area (TPSA) is 69.3 Å². The number of furan rings is 1. The minimum atomic E-state index is -0.339. The molecule has 1 amide bonds. The predicted molar refractivity (Wildman–Crippen MR) is 140 cm³/mol. The molecule has 0 unspecified atom stereocenters. The summed E-state index contributed by atoms with van der Waals surface area (Å²) >= 11 is 12.2. The number of amides is 1. The summed E-state index contributed by atoms with van der Waals surface area (Å²) in [5.41, 5.74) is 3.58. The highest BCUT2D eigenvalue weighted by molar-refractivity contribution is 6.42. The Hall–Kier alpha value is -4.00. The SMILES string of the molecule is O=C(NCc1cn(-c2ccccc2)nc1-c1ccccc1)c1ccc(COc2cccc(Cl)c2Cl)o1. The van der Waals surface area contributed by atoms with Crippen molar-refractivity contribution in [2.45, 2.75) is 13.2 Å². The van der Waals surface area contributed by atoms with Gasteiger partial charge in [-0.1, -0.05) is 77.8 Å². The summed E-state index contributed by atoms with van der Waals surface area (Å²) in [4.78, 5) is 12.8. The molecule has 6 nitrogen and oxygen atoms in total. The number of hydrogen-bond acceptors (Lipinski definition) is 4. The van der Waals surface area contributed by atoms with Crippen LogP contribution in [0.1, 0.15) is 21.9 Å². The van der Waals surface area contributed by atoms with E-state index in [2.05, 4.69) is 5.32 Å². The molecule has 3 aromatic carbocycles. The zero-order chi connectivity index (χ0) is 24.9. The molecular formula is C28H21Cl2N3O3. The van der Waals surface area contributed by atoms with Gasteiger partial charge in [-0.15, -0.1) is 0 Å². The van der Waals surface area contributed by atoms with Gasteiger partial charge in [0, 0.05) is 23.9 Å². The van der Waals surface area contributed by atoms with Gasteiger partial charge in [0.25, 0.3) is 5.91 Å². The van der Waals surface area contributed by atoms with Crippen molar-refractivity contribution in [3.8, 4) is 22.7 Å². The van der Waals surface area contributed by atoms with Gasteiger partial charge in [-0.2, -0.15) is 5.10 Å². The molecule has 0 aliphatic heterocycles. The van der Waals surface area contributed by atoms with Gasteiger partial charge >= 0.3 is 0 Å². The first kappa shape index (κ1) is 23.7. The molecule has 0 aliphatic carbocycles. The second-order valence-corrected chi connectivity index (χ2v) is 8.72. The number of nitrogens with zero attached hydrogens (tertiary/aromatic N) is 2. The van der Waals surface area contributed by atoms with E-state index in [0.717, 1.165) is 22.5 Å². The Morgan fingerprint density at radius 1 is 0.917 bits per heavy atom. The molecule has 2 aromatic heterocycles. The fourth-order valence-corrected chi connectivity index (χ4v) is 4.02. The number of aromatic nitrogens is 2. The Kier molecular flexibility index (Phi) is 7.07. The maximum absolute atomic E-state index is 12.8. The van der Waals surface area contributed by atoms with Crippen molar-refractivity contribution in [1.82, 2.24) is 15.1 Å². The van der Waals surface area contributed by atoms with Crippen LogP contribution in [0.4, 0.5) is 0 Å². The highest BCUT2D eigenvalue weighted by Gasteiger charge is 2.16. The van der Waals surface area contributed by atoms with E-state index in [4.69, 9.17) is 37.5 Å². The van der Waals surface area contributed by atoms with E-state index in [1.165, 1.54) is 0 Å². The van der Waals surface area contributed by atoms with Crippen LogP contribution in [0.15, 0.2) is 102 Å². The summed E-state index contributed by atoms with van der Waals surface area (Å²) in [6.07, 6.45) is 1.92. The number of carbonyl (C=O) groups excluding carboxylic acids is 1. The lowest BCUT2D eigenvalue weighted by Gasteiger charge is -2.07. The van der Waals surface area contributed by atoms with Crippen LogP contribution in [0.25, 0.3) is 16.9 Å². The molecular weight excluding hydrogens is 497 g/mol. The minimum absolute atomic E-state index is 0.106. The van der Waals surface area contributed by atoms with Crippen molar-refractivity contribution in [1.29, 1.82) is 0 Å². The maximum atomic E-state index is 12.8. The summed E-state index contributed by atoms with van der Waals surface area (Å²) < 4.78 is 13.2. The van der Waals surface area contributed by atoms with Crippen molar-refractivity contribution in [3.63, 3.8) is 0 Å². The Labute approximate surface area is 218 Å². The average Bonchev–Trinajstić information content (AvgIpc) is 3.57. The lowest BCUT2D eigenvalue weighted by Crippen LogP contribution is -2.22. The Morgan fingerprint density at radius 3 is 2.44 bits per heavy atom. The van der Waals surface area contributed by atoms with E-state index in [9.17, 15) is 4.79 Å². The van der Waals surface area contributed by atoms with E-state index in [1.807, 2.05) is 71.5 Å². The zero-order valence-corrected chi connectivity index (χ0v) is 20.5. The summed E-state index contributed by atoms with van der Waals surface area (Å²) in [7, 11) is 0. The van der Waals surface area contributed by atoms with Crippen molar-refractivity contribution in [3.05, 3.63) is 124 Å². The predicted octanol–water partition coefficient (Wildman–Crippen LogP) is 6.95. The van der Waals surface area contributed by atoms with Gasteiger partial charge in [0.2, 0.25) is 0 Å². The molecule has 8 heteroatoms. The van der Waals surface area contributed by atoms with Crippen LogP contribution in [0.3, 0.4) is 0 Å². The van der Waals surface area contributed by atoms with Crippen LogP contribution in [-0.2, 0) is 13.2 Å². The lowest BCUT2D eigenvalue weighted by atomic mass is 10.1. The molecule has 2 heterocycles. The van der Waals surface area contributed by atoms with E-state index >= 15 is 0 Å². The van der Waals surface area contributed by atoms with Gasteiger partial charge in [0.15, 0.2) is 5.76 Å². The largest absolute Gasteiger partial charge is 0.484 e. The van der Waals surface area contributed by atoms with Gasteiger partial charge in [-0.3, -0.25) is 4.79 Å². The van der Waals surface area contributed by atoms with Crippen LogP contribution in [0.2, 0.25) is 10.0 Å². The molecule has 0 saturated heterocycles. The Bertz CT molecular complexity index is 1480. The number of benzene rings is 3. The highest BCUT2D eigenvalue weighted by Crippen LogP contribution is 2.32. The molecule has 1 N–H and O–H groups in total. The van der Waals surface area contributed by atoms with E-state index < -0.39 is 0 Å². The van der Waals surface area contributed by atoms with Crippen molar-refractivity contribution in [2.24, 2.45) is 0 Å². The number of hydrogen-bond donors (Lipinski definition) is 1. The van der Waals surface area contributed by atoms with Gasteiger partial charge in [-0.05, 0) is 36.4 Å². The second-order valence-electron chi connectivity index (χ2n) is 7.94. The molecule has 0 atom stereocenters. The minimum Gasteiger partial charge on any atom is -0.484 e. The van der Waals surface area contributed by atoms with Crippen LogP contribution < -0.4 is 10.1 Å². The third-order valence-electron chi connectivity index (χ3n) is 5.47. The van der Waals surface area contributed by atoms with Gasteiger partial charge in [0.05, 0.1) is 16.4 Å². The molecule has 0 saturated carbocycles. The van der Waals surface area contributed by atoms with Gasteiger partial charge in [-0.25, -0.2) is 4.68 Å². The van der Waals surface area contributed by atoms with Crippen molar-refractivity contribution in [2.75, 3.05) is 0 Å². The fraction of sp³-hybridized carbons (Fsp3) is 0.0714. The molecule has 36 heavy (non-hydrogen) atoms. The number of ether oxygens (including phenoxy) is 1. The lowest BCUT2D eigenvalue weighted by molar-refractivity contribution is 0.0919. The zero-order valence-electron chi connectivity index (χ0n) is 19.0. The van der Waals surface area contributed by atoms with E-state index in [1.54, 1.807) is 30.3 Å². The first-order chi connectivity index (χ1) is 17.6. The normalized spacial score (nSPS) is 10.8. The van der Waals surface area contributed by atoms with Gasteiger partial charge < -0.3 is 14.5 Å². The molecule has 0 radical (unpaired) electrons. The second kappa shape index (κ2) is 10.7. The standard InChI is InChI=1S/C28H21Cl2N3O3/c29-23-12-7-13-24(26(23)30)35-18-22-14-15-25(36-22)28(34)31-16-20-17-33(21-10-5-2-6-11-21)32-27(20)19-8-3-1-4-9-19/h1-15,17H,16,18H2,(H,31,34). The third-order valence-corrected chi connectivity index (χ3v) is 6.27. The average molecular weight is 518 g/mol.